The highest BCUT2D eigenvalue weighted by atomic mass is 32.1. The predicted molar refractivity (Wildman–Crippen MR) is 74.9 cm³/mol. The van der Waals surface area contributed by atoms with Gasteiger partial charge in [-0.05, 0) is 25.5 Å². The highest BCUT2D eigenvalue weighted by Crippen LogP contribution is 2.26. The van der Waals surface area contributed by atoms with E-state index in [9.17, 15) is 5.26 Å². The minimum atomic E-state index is 0.722. The highest BCUT2D eigenvalue weighted by Gasteiger charge is 2.12. The molecule has 0 radical (unpaired) electrons. The summed E-state index contributed by atoms with van der Waals surface area (Å²) >= 11 is 1.66. The lowest BCUT2D eigenvalue weighted by Gasteiger charge is -2.22. The zero-order chi connectivity index (χ0) is 13.1. The van der Waals surface area contributed by atoms with Crippen LogP contribution in [0.5, 0.6) is 0 Å². The topological polar surface area (TPSA) is 39.9 Å². The van der Waals surface area contributed by atoms with Gasteiger partial charge in [0.2, 0.25) is 0 Å². The van der Waals surface area contributed by atoms with E-state index < -0.39 is 0 Å². The van der Waals surface area contributed by atoms with E-state index in [2.05, 4.69) is 16.0 Å². The van der Waals surface area contributed by atoms with Gasteiger partial charge in [0.15, 0.2) is 0 Å². The summed E-state index contributed by atoms with van der Waals surface area (Å²) in [6.45, 7) is 4.84. The summed E-state index contributed by atoms with van der Waals surface area (Å²) in [5.41, 5.74) is 5.78. The standard InChI is InChI=1S/C14H15N3S/c1-10-5-4-6-12(7-15)14(10)17(3)8-13-11(2)16-9-18-13/h4-6,9H,8H2,1-3H3. The first-order valence-corrected chi connectivity index (χ1v) is 6.61. The molecule has 3 nitrogen and oxygen atoms in total. The number of aryl methyl sites for hydroxylation is 2. The van der Waals surface area contributed by atoms with Crippen LogP contribution < -0.4 is 4.90 Å². The molecule has 2 aromatic rings. The number of rotatable bonds is 3. The molecular weight excluding hydrogens is 242 g/mol. The lowest BCUT2D eigenvalue weighted by Crippen LogP contribution is -2.18. The van der Waals surface area contributed by atoms with E-state index in [4.69, 9.17) is 0 Å². The second-order valence-corrected chi connectivity index (χ2v) is 5.24. The maximum absolute atomic E-state index is 9.19. The maximum Gasteiger partial charge on any atom is 0.101 e. The first-order valence-electron chi connectivity index (χ1n) is 5.73. The monoisotopic (exact) mass is 257 g/mol. The summed E-state index contributed by atoms with van der Waals surface area (Å²) in [6.07, 6.45) is 0. The smallest absolute Gasteiger partial charge is 0.101 e. The number of benzene rings is 1. The van der Waals surface area contributed by atoms with Crippen molar-refractivity contribution in [3.8, 4) is 6.07 Å². The Labute approximate surface area is 111 Å². The quantitative estimate of drug-likeness (QED) is 0.847. The largest absolute Gasteiger partial charge is 0.368 e. The molecule has 2 rings (SSSR count). The second-order valence-electron chi connectivity index (χ2n) is 4.30. The molecule has 0 spiro atoms. The third-order valence-corrected chi connectivity index (χ3v) is 3.89. The van der Waals surface area contributed by atoms with Gasteiger partial charge in [-0.1, -0.05) is 12.1 Å². The Morgan fingerprint density at radius 3 is 2.78 bits per heavy atom. The summed E-state index contributed by atoms with van der Waals surface area (Å²) in [7, 11) is 2.02. The summed E-state index contributed by atoms with van der Waals surface area (Å²) in [4.78, 5) is 7.62. The Hall–Kier alpha value is -1.86. The molecule has 0 fully saturated rings. The van der Waals surface area contributed by atoms with Gasteiger partial charge < -0.3 is 4.90 Å². The van der Waals surface area contributed by atoms with Crippen molar-refractivity contribution in [1.82, 2.24) is 4.98 Å². The van der Waals surface area contributed by atoms with Crippen LogP contribution in [0.3, 0.4) is 0 Å². The second kappa shape index (κ2) is 5.19. The van der Waals surface area contributed by atoms with Gasteiger partial charge in [0.25, 0.3) is 0 Å². The Morgan fingerprint density at radius 2 is 2.17 bits per heavy atom. The number of thiazole rings is 1. The van der Waals surface area contributed by atoms with Crippen LogP contribution in [0.25, 0.3) is 0 Å². The molecule has 0 aliphatic heterocycles. The van der Waals surface area contributed by atoms with E-state index in [1.165, 1.54) is 4.88 Å². The van der Waals surface area contributed by atoms with Crippen molar-refractivity contribution in [2.75, 3.05) is 11.9 Å². The van der Waals surface area contributed by atoms with Gasteiger partial charge in [-0.15, -0.1) is 11.3 Å². The van der Waals surface area contributed by atoms with Crippen LogP contribution in [0.2, 0.25) is 0 Å². The van der Waals surface area contributed by atoms with Crippen molar-refractivity contribution in [1.29, 1.82) is 5.26 Å². The molecule has 0 aliphatic rings. The molecule has 0 unspecified atom stereocenters. The molecule has 0 saturated carbocycles. The van der Waals surface area contributed by atoms with E-state index in [0.717, 1.165) is 29.1 Å². The van der Waals surface area contributed by atoms with E-state index >= 15 is 0 Å². The number of hydrogen-bond acceptors (Lipinski definition) is 4. The number of nitrogens with zero attached hydrogens (tertiary/aromatic N) is 3. The third kappa shape index (κ3) is 2.36. The minimum Gasteiger partial charge on any atom is -0.368 e. The van der Waals surface area contributed by atoms with E-state index in [-0.39, 0.29) is 0 Å². The lowest BCUT2D eigenvalue weighted by atomic mass is 10.1. The molecule has 92 valence electrons. The van der Waals surface area contributed by atoms with Gasteiger partial charge in [0.05, 0.1) is 29.0 Å². The zero-order valence-electron chi connectivity index (χ0n) is 10.8. The molecular formula is C14H15N3S. The van der Waals surface area contributed by atoms with Crippen molar-refractivity contribution in [2.45, 2.75) is 20.4 Å². The lowest BCUT2D eigenvalue weighted by molar-refractivity contribution is 0.918. The third-order valence-electron chi connectivity index (χ3n) is 2.97. The first-order chi connectivity index (χ1) is 8.63. The van der Waals surface area contributed by atoms with Crippen molar-refractivity contribution in [2.24, 2.45) is 0 Å². The van der Waals surface area contributed by atoms with Crippen LogP contribution >= 0.6 is 11.3 Å². The van der Waals surface area contributed by atoms with Gasteiger partial charge in [-0.25, -0.2) is 4.98 Å². The highest BCUT2D eigenvalue weighted by molar-refractivity contribution is 7.09. The fourth-order valence-corrected chi connectivity index (χ4v) is 2.86. The molecule has 18 heavy (non-hydrogen) atoms. The average Bonchev–Trinajstić information content (AvgIpc) is 2.74. The van der Waals surface area contributed by atoms with Gasteiger partial charge in [0.1, 0.15) is 6.07 Å². The normalized spacial score (nSPS) is 10.1. The number of hydrogen-bond donors (Lipinski definition) is 0. The molecule has 4 heteroatoms. The number of aromatic nitrogens is 1. The summed E-state index contributed by atoms with van der Waals surface area (Å²) in [5.74, 6) is 0. The minimum absolute atomic E-state index is 0.722. The summed E-state index contributed by atoms with van der Waals surface area (Å²) < 4.78 is 0. The van der Waals surface area contributed by atoms with E-state index in [1.54, 1.807) is 11.3 Å². The predicted octanol–water partition coefficient (Wildman–Crippen LogP) is 3.27. The molecule has 0 saturated heterocycles. The molecule has 0 aliphatic carbocycles. The van der Waals surface area contributed by atoms with E-state index in [0.29, 0.717) is 0 Å². The van der Waals surface area contributed by atoms with Gasteiger partial charge in [-0.2, -0.15) is 5.26 Å². The average molecular weight is 257 g/mol. The molecule has 1 aromatic carbocycles. The number of para-hydroxylation sites is 1. The number of nitriles is 1. The molecule has 0 N–H and O–H groups in total. The Morgan fingerprint density at radius 1 is 1.39 bits per heavy atom. The molecule has 0 bridgehead atoms. The Balaban J connectivity index is 2.32. The van der Waals surface area contributed by atoms with Gasteiger partial charge in [0, 0.05) is 11.9 Å². The van der Waals surface area contributed by atoms with Crippen LogP contribution in [0, 0.1) is 25.2 Å². The first kappa shape index (κ1) is 12.6. The molecule has 1 heterocycles. The van der Waals surface area contributed by atoms with Crippen LogP contribution in [0.1, 0.15) is 21.7 Å². The summed E-state index contributed by atoms with van der Waals surface area (Å²) in [5, 5.41) is 9.19. The molecule has 0 atom stereocenters. The fourth-order valence-electron chi connectivity index (χ4n) is 2.03. The SMILES string of the molecule is Cc1cccc(C#N)c1N(C)Cc1scnc1C. The fraction of sp³-hybridized carbons (Fsp3) is 0.286. The zero-order valence-corrected chi connectivity index (χ0v) is 11.6. The Kier molecular flexibility index (Phi) is 3.63. The maximum atomic E-state index is 9.19. The van der Waals surface area contributed by atoms with Crippen LogP contribution in [0.15, 0.2) is 23.7 Å². The van der Waals surface area contributed by atoms with Crippen molar-refractivity contribution < 1.29 is 0 Å². The van der Waals surface area contributed by atoms with Crippen molar-refractivity contribution in [3.63, 3.8) is 0 Å². The Bertz CT molecular complexity index is 595. The van der Waals surface area contributed by atoms with Gasteiger partial charge >= 0.3 is 0 Å². The van der Waals surface area contributed by atoms with Crippen LogP contribution in [-0.4, -0.2) is 12.0 Å². The molecule has 0 amide bonds. The van der Waals surface area contributed by atoms with Crippen molar-refractivity contribution in [3.05, 3.63) is 45.4 Å². The molecule has 1 aromatic heterocycles. The number of anilines is 1. The van der Waals surface area contributed by atoms with Crippen molar-refractivity contribution >= 4 is 17.0 Å². The van der Waals surface area contributed by atoms with E-state index in [1.807, 2.05) is 44.6 Å². The van der Waals surface area contributed by atoms with Gasteiger partial charge in [-0.3, -0.25) is 0 Å². The van der Waals surface area contributed by atoms with Crippen LogP contribution in [-0.2, 0) is 6.54 Å². The van der Waals surface area contributed by atoms with Crippen LogP contribution in [0.4, 0.5) is 5.69 Å². The summed E-state index contributed by atoms with van der Waals surface area (Å²) in [6, 6.07) is 8.07.